The summed E-state index contributed by atoms with van der Waals surface area (Å²) in [5, 5.41) is 3.65. The summed E-state index contributed by atoms with van der Waals surface area (Å²) in [7, 11) is 3.66. The molecule has 0 saturated heterocycles. The molecule has 0 radical (unpaired) electrons. The van der Waals surface area contributed by atoms with Crippen LogP contribution in [0.4, 0.5) is 5.82 Å². The molecular formula is C24H22N4O. The van der Waals surface area contributed by atoms with Crippen LogP contribution in [0, 0.1) is 0 Å². The fourth-order valence-corrected chi connectivity index (χ4v) is 3.32. The molecule has 5 heteroatoms. The maximum absolute atomic E-state index is 11.7. The molecule has 4 aromatic rings. The third kappa shape index (κ3) is 3.94. The minimum atomic E-state index is -0.0841. The van der Waals surface area contributed by atoms with Crippen molar-refractivity contribution in [3.8, 4) is 11.4 Å². The SMILES string of the molecule is CNC(=O)c1ccc(CN(C)c2nc(-c3ccccc3)nc3ccccc23)cc1. The lowest BCUT2D eigenvalue weighted by molar-refractivity contribution is 0.0963. The van der Waals surface area contributed by atoms with Crippen LogP contribution in [0.2, 0.25) is 0 Å². The van der Waals surface area contributed by atoms with Gasteiger partial charge in [-0.25, -0.2) is 9.97 Å². The fraction of sp³-hybridized carbons (Fsp3) is 0.125. The smallest absolute Gasteiger partial charge is 0.251 e. The number of hydrogen-bond acceptors (Lipinski definition) is 4. The van der Waals surface area contributed by atoms with Gasteiger partial charge < -0.3 is 10.2 Å². The van der Waals surface area contributed by atoms with Crippen LogP contribution in [0.25, 0.3) is 22.3 Å². The standard InChI is InChI=1S/C24H22N4O/c1-25-24(29)19-14-12-17(13-15-19)16-28(2)23-20-10-6-7-11-21(20)26-22(27-23)18-8-4-3-5-9-18/h3-15H,16H2,1-2H3,(H,25,29). The average molecular weight is 382 g/mol. The molecule has 1 N–H and O–H groups in total. The summed E-state index contributed by atoms with van der Waals surface area (Å²) in [5.41, 5.74) is 3.66. The van der Waals surface area contributed by atoms with Gasteiger partial charge in [0.1, 0.15) is 5.82 Å². The number of para-hydroxylation sites is 1. The first-order valence-corrected chi connectivity index (χ1v) is 9.50. The highest BCUT2D eigenvalue weighted by Crippen LogP contribution is 2.27. The van der Waals surface area contributed by atoms with Gasteiger partial charge in [-0.3, -0.25) is 4.79 Å². The van der Waals surface area contributed by atoms with Crippen molar-refractivity contribution in [3.05, 3.63) is 90.0 Å². The number of carbonyl (C=O) groups is 1. The summed E-state index contributed by atoms with van der Waals surface area (Å²) in [4.78, 5) is 23.5. The topological polar surface area (TPSA) is 58.1 Å². The fourth-order valence-electron chi connectivity index (χ4n) is 3.32. The monoisotopic (exact) mass is 382 g/mol. The van der Waals surface area contributed by atoms with Crippen LogP contribution < -0.4 is 10.2 Å². The predicted molar refractivity (Wildman–Crippen MR) is 117 cm³/mol. The summed E-state index contributed by atoms with van der Waals surface area (Å²) in [6.45, 7) is 0.670. The molecule has 144 valence electrons. The summed E-state index contributed by atoms with van der Waals surface area (Å²) >= 11 is 0. The molecule has 29 heavy (non-hydrogen) atoms. The van der Waals surface area contributed by atoms with Gasteiger partial charge in [0, 0.05) is 37.2 Å². The molecule has 1 amide bonds. The van der Waals surface area contributed by atoms with Crippen molar-refractivity contribution in [1.82, 2.24) is 15.3 Å². The van der Waals surface area contributed by atoms with E-state index in [4.69, 9.17) is 9.97 Å². The van der Waals surface area contributed by atoms with Gasteiger partial charge in [0.05, 0.1) is 5.52 Å². The number of carbonyl (C=O) groups excluding carboxylic acids is 1. The summed E-state index contributed by atoms with van der Waals surface area (Å²) in [6.07, 6.45) is 0. The molecule has 0 saturated carbocycles. The second-order valence-corrected chi connectivity index (χ2v) is 6.89. The molecule has 0 bridgehead atoms. The largest absolute Gasteiger partial charge is 0.355 e. The normalized spacial score (nSPS) is 10.7. The van der Waals surface area contributed by atoms with Gasteiger partial charge in [0.2, 0.25) is 0 Å². The summed E-state index contributed by atoms with van der Waals surface area (Å²) in [5.74, 6) is 1.50. The predicted octanol–water partition coefficient (Wildman–Crippen LogP) is 4.29. The van der Waals surface area contributed by atoms with E-state index in [1.807, 2.05) is 85.9 Å². The number of aromatic nitrogens is 2. The number of amides is 1. The molecule has 0 fully saturated rings. The van der Waals surface area contributed by atoms with E-state index in [9.17, 15) is 4.79 Å². The van der Waals surface area contributed by atoms with Crippen molar-refractivity contribution in [3.63, 3.8) is 0 Å². The number of rotatable bonds is 5. The maximum atomic E-state index is 11.7. The minimum Gasteiger partial charge on any atom is -0.355 e. The van der Waals surface area contributed by atoms with Crippen LogP contribution in [-0.2, 0) is 6.54 Å². The van der Waals surface area contributed by atoms with Gasteiger partial charge >= 0.3 is 0 Å². The molecular weight excluding hydrogens is 360 g/mol. The quantitative estimate of drug-likeness (QED) is 0.559. The van der Waals surface area contributed by atoms with Crippen molar-refractivity contribution in [1.29, 1.82) is 0 Å². The molecule has 0 unspecified atom stereocenters. The van der Waals surface area contributed by atoms with Crippen LogP contribution in [0.15, 0.2) is 78.9 Å². The Hall–Kier alpha value is -3.73. The Morgan fingerprint density at radius 3 is 2.31 bits per heavy atom. The number of benzene rings is 3. The van der Waals surface area contributed by atoms with Gasteiger partial charge in [0.15, 0.2) is 5.82 Å². The Morgan fingerprint density at radius 1 is 0.897 bits per heavy atom. The first-order valence-electron chi connectivity index (χ1n) is 9.50. The van der Waals surface area contributed by atoms with E-state index in [1.54, 1.807) is 7.05 Å². The Balaban J connectivity index is 1.69. The highest BCUT2D eigenvalue weighted by molar-refractivity contribution is 5.94. The van der Waals surface area contributed by atoms with Gasteiger partial charge in [-0.1, -0.05) is 54.6 Å². The number of hydrogen-bond donors (Lipinski definition) is 1. The van der Waals surface area contributed by atoms with E-state index < -0.39 is 0 Å². The molecule has 5 nitrogen and oxygen atoms in total. The minimum absolute atomic E-state index is 0.0841. The number of anilines is 1. The van der Waals surface area contributed by atoms with E-state index in [0.717, 1.165) is 27.8 Å². The molecule has 0 aliphatic heterocycles. The third-order valence-electron chi connectivity index (χ3n) is 4.84. The second kappa shape index (κ2) is 8.10. The lowest BCUT2D eigenvalue weighted by Gasteiger charge is -2.21. The molecule has 1 aromatic heterocycles. The van der Waals surface area contributed by atoms with Crippen molar-refractivity contribution in [2.75, 3.05) is 19.0 Å². The van der Waals surface area contributed by atoms with Crippen LogP contribution in [0.3, 0.4) is 0 Å². The van der Waals surface area contributed by atoms with Gasteiger partial charge in [0.25, 0.3) is 5.91 Å². The summed E-state index contributed by atoms with van der Waals surface area (Å²) in [6, 6.07) is 25.7. The van der Waals surface area contributed by atoms with E-state index in [-0.39, 0.29) is 5.91 Å². The van der Waals surface area contributed by atoms with Crippen molar-refractivity contribution < 1.29 is 4.79 Å². The zero-order chi connectivity index (χ0) is 20.2. The van der Waals surface area contributed by atoms with Gasteiger partial charge in [-0.15, -0.1) is 0 Å². The van der Waals surface area contributed by atoms with Crippen molar-refractivity contribution in [2.45, 2.75) is 6.54 Å². The number of fused-ring (bicyclic) bond motifs is 1. The average Bonchev–Trinajstić information content (AvgIpc) is 2.78. The van der Waals surface area contributed by atoms with Crippen LogP contribution in [0.5, 0.6) is 0 Å². The molecule has 3 aromatic carbocycles. The maximum Gasteiger partial charge on any atom is 0.251 e. The van der Waals surface area contributed by atoms with Crippen LogP contribution in [0.1, 0.15) is 15.9 Å². The van der Waals surface area contributed by atoms with E-state index in [0.29, 0.717) is 17.9 Å². The lowest BCUT2D eigenvalue weighted by Crippen LogP contribution is -2.20. The molecule has 4 rings (SSSR count). The molecule has 0 aliphatic carbocycles. The second-order valence-electron chi connectivity index (χ2n) is 6.89. The first-order chi connectivity index (χ1) is 14.2. The summed E-state index contributed by atoms with van der Waals surface area (Å²) < 4.78 is 0. The highest BCUT2D eigenvalue weighted by Gasteiger charge is 2.13. The zero-order valence-corrected chi connectivity index (χ0v) is 16.5. The first kappa shape index (κ1) is 18.6. The highest BCUT2D eigenvalue weighted by atomic mass is 16.1. The van der Waals surface area contributed by atoms with Gasteiger partial charge in [-0.2, -0.15) is 0 Å². The number of nitrogens with zero attached hydrogens (tertiary/aromatic N) is 3. The zero-order valence-electron chi connectivity index (χ0n) is 16.5. The Morgan fingerprint density at radius 2 is 1.59 bits per heavy atom. The Kier molecular flexibility index (Phi) is 5.20. The number of nitrogens with one attached hydrogen (secondary N) is 1. The third-order valence-corrected chi connectivity index (χ3v) is 4.84. The molecule has 0 spiro atoms. The lowest BCUT2D eigenvalue weighted by atomic mass is 10.1. The van der Waals surface area contributed by atoms with E-state index >= 15 is 0 Å². The van der Waals surface area contributed by atoms with Crippen LogP contribution >= 0.6 is 0 Å². The van der Waals surface area contributed by atoms with Crippen molar-refractivity contribution in [2.24, 2.45) is 0 Å². The Labute approximate surface area is 170 Å². The molecule has 0 aliphatic rings. The van der Waals surface area contributed by atoms with Crippen LogP contribution in [-0.4, -0.2) is 30.0 Å². The molecule has 1 heterocycles. The van der Waals surface area contributed by atoms with Gasteiger partial charge in [-0.05, 0) is 29.8 Å². The van der Waals surface area contributed by atoms with E-state index in [2.05, 4.69) is 10.2 Å². The molecule has 0 atom stereocenters. The Bertz CT molecular complexity index is 1140. The van der Waals surface area contributed by atoms with E-state index in [1.165, 1.54) is 0 Å². The van der Waals surface area contributed by atoms with Crippen molar-refractivity contribution >= 4 is 22.6 Å².